The number of carbonyl (C=O) groups excluding carboxylic acids is 1. The monoisotopic (exact) mass is 304 g/mol. The van der Waals surface area contributed by atoms with Gasteiger partial charge in [-0.1, -0.05) is 6.07 Å². The Kier molecular flexibility index (Phi) is 4.83. The topological polar surface area (TPSA) is 86.0 Å². The maximum absolute atomic E-state index is 11.8. The molecule has 22 heavy (non-hydrogen) atoms. The molecule has 0 aliphatic carbocycles. The smallest absolute Gasteiger partial charge is 0.303 e. The van der Waals surface area contributed by atoms with Crippen molar-refractivity contribution in [3.05, 3.63) is 36.3 Å². The van der Waals surface area contributed by atoms with E-state index in [0.29, 0.717) is 17.1 Å². The van der Waals surface area contributed by atoms with Crippen molar-refractivity contribution in [1.82, 2.24) is 0 Å². The molecule has 1 aromatic heterocycles. The molecule has 0 fully saturated rings. The van der Waals surface area contributed by atoms with Crippen molar-refractivity contribution in [2.75, 3.05) is 14.2 Å². The van der Waals surface area contributed by atoms with Crippen molar-refractivity contribution in [2.45, 2.75) is 12.8 Å². The first-order chi connectivity index (χ1) is 10.5. The maximum atomic E-state index is 11.8. The van der Waals surface area contributed by atoms with Crippen molar-refractivity contribution in [3.8, 4) is 22.6 Å². The van der Waals surface area contributed by atoms with Crippen LogP contribution >= 0.6 is 0 Å². The van der Waals surface area contributed by atoms with Gasteiger partial charge < -0.3 is 19.0 Å². The molecule has 6 nitrogen and oxygen atoms in total. The van der Waals surface area contributed by atoms with Crippen LogP contribution in [-0.4, -0.2) is 31.1 Å². The minimum absolute atomic E-state index is 0.0891. The summed E-state index contributed by atoms with van der Waals surface area (Å²) < 4.78 is 15.6. The molecule has 6 heteroatoms. The second-order valence-corrected chi connectivity index (χ2v) is 4.59. The van der Waals surface area contributed by atoms with Gasteiger partial charge in [-0.3, -0.25) is 9.59 Å². The van der Waals surface area contributed by atoms with Crippen molar-refractivity contribution in [2.24, 2.45) is 0 Å². The van der Waals surface area contributed by atoms with Crippen LogP contribution in [0.4, 0.5) is 0 Å². The summed E-state index contributed by atoms with van der Waals surface area (Å²) in [4.78, 5) is 22.3. The van der Waals surface area contributed by atoms with Gasteiger partial charge in [-0.15, -0.1) is 0 Å². The van der Waals surface area contributed by atoms with E-state index in [-0.39, 0.29) is 24.4 Å². The molecule has 0 spiro atoms. The molecule has 0 saturated heterocycles. The highest BCUT2D eigenvalue weighted by molar-refractivity contribution is 5.96. The van der Waals surface area contributed by atoms with E-state index in [1.807, 2.05) is 6.07 Å². The van der Waals surface area contributed by atoms with Crippen LogP contribution in [0.25, 0.3) is 11.1 Å². The number of carboxylic acid groups (broad SMARTS) is 1. The van der Waals surface area contributed by atoms with E-state index in [1.165, 1.54) is 13.4 Å². The number of Topliss-reactive ketones (excluding diaryl/α,β-unsaturated/α-hetero) is 1. The third kappa shape index (κ3) is 3.46. The minimum Gasteiger partial charge on any atom is -0.493 e. The van der Waals surface area contributed by atoms with E-state index in [4.69, 9.17) is 19.0 Å². The molecule has 0 bridgehead atoms. The van der Waals surface area contributed by atoms with Crippen LogP contribution in [-0.2, 0) is 4.79 Å². The first-order valence-corrected chi connectivity index (χ1v) is 6.61. The minimum atomic E-state index is -1.01. The second-order valence-electron chi connectivity index (χ2n) is 4.59. The van der Waals surface area contributed by atoms with Crippen molar-refractivity contribution >= 4 is 11.8 Å². The van der Waals surface area contributed by atoms with Gasteiger partial charge in [0.15, 0.2) is 23.0 Å². The molecule has 0 aliphatic heterocycles. The van der Waals surface area contributed by atoms with E-state index in [1.54, 1.807) is 25.3 Å². The number of aliphatic carboxylic acids is 1. The van der Waals surface area contributed by atoms with Gasteiger partial charge in [-0.2, -0.15) is 0 Å². The molecule has 0 saturated carbocycles. The fraction of sp³-hybridized carbons (Fsp3) is 0.250. The lowest BCUT2D eigenvalue weighted by molar-refractivity contribution is -0.136. The predicted octanol–water partition coefficient (Wildman–Crippen LogP) is 3.01. The summed E-state index contributed by atoms with van der Waals surface area (Å²) in [6.45, 7) is 0. The summed E-state index contributed by atoms with van der Waals surface area (Å²) >= 11 is 0. The van der Waals surface area contributed by atoms with E-state index in [0.717, 1.165) is 5.56 Å². The molecule has 1 heterocycles. The third-order valence-corrected chi connectivity index (χ3v) is 3.16. The van der Waals surface area contributed by atoms with Crippen LogP contribution < -0.4 is 9.47 Å². The van der Waals surface area contributed by atoms with Crippen LogP contribution in [0.2, 0.25) is 0 Å². The molecule has 2 rings (SSSR count). The average molecular weight is 304 g/mol. The Balaban J connectivity index is 2.21. The van der Waals surface area contributed by atoms with Gasteiger partial charge in [0.1, 0.15) is 0 Å². The Bertz CT molecular complexity index is 686. The highest BCUT2D eigenvalue weighted by Crippen LogP contribution is 2.33. The highest BCUT2D eigenvalue weighted by atomic mass is 16.5. The predicted molar refractivity (Wildman–Crippen MR) is 78.4 cm³/mol. The number of hydrogen-bond donors (Lipinski definition) is 1. The number of rotatable bonds is 7. The van der Waals surface area contributed by atoms with Gasteiger partial charge in [0.2, 0.25) is 0 Å². The number of hydrogen-bond acceptors (Lipinski definition) is 5. The Morgan fingerprint density at radius 3 is 2.41 bits per heavy atom. The number of carbonyl (C=O) groups is 2. The quantitative estimate of drug-likeness (QED) is 0.791. The van der Waals surface area contributed by atoms with E-state index in [2.05, 4.69) is 0 Å². The van der Waals surface area contributed by atoms with E-state index < -0.39 is 5.97 Å². The molecule has 1 aromatic carbocycles. The van der Waals surface area contributed by atoms with Crippen LogP contribution in [0, 0.1) is 0 Å². The Hall–Kier alpha value is -2.76. The average Bonchev–Trinajstić information content (AvgIpc) is 3.01. The van der Waals surface area contributed by atoms with Gasteiger partial charge >= 0.3 is 5.97 Å². The first-order valence-electron chi connectivity index (χ1n) is 6.61. The molecular weight excluding hydrogens is 288 g/mol. The van der Waals surface area contributed by atoms with Gasteiger partial charge in [-0.25, -0.2) is 0 Å². The van der Waals surface area contributed by atoms with Crippen molar-refractivity contribution in [1.29, 1.82) is 0 Å². The number of ketones is 1. The Morgan fingerprint density at radius 1 is 1.05 bits per heavy atom. The largest absolute Gasteiger partial charge is 0.493 e. The Morgan fingerprint density at radius 2 is 1.77 bits per heavy atom. The molecular formula is C16H16O6. The molecule has 116 valence electrons. The number of furan rings is 1. The standard InChI is InChI=1S/C16H16O6/c1-20-13-5-3-10(7-15(13)21-2)11-8-14(22-9-11)12(17)4-6-16(18)19/h3,5,7-9H,4,6H2,1-2H3,(H,18,19). The zero-order valence-corrected chi connectivity index (χ0v) is 12.3. The zero-order valence-electron chi connectivity index (χ0n) is 12.3. The number of benzene rings is 1. The van der Waals surface area contributed by atoms with Crippen LogP contribution in [0.3, 0.4) is 0 Å². The van der Waals surface area contributed by atoms with E-state index in [9.17, 15) is 9.59 Å². The first kappa shape index (κ1) is 15.6. The summed E-state index contributed by atoms with van der Waals surface area (Å²) in [6, 6.07) is 6.94. The molecule has 0 radical (unpaired) electrons. The molecule has 0 amide bonds. The summed E-state index contributed by atoms with van der Waals surface area (Å²) in [5.74, 6) is -0.0346. The normalized spacial score (nSPS) is 10.3. The lowest BCUT2D eigenvalue weighted by atomic mass is 10.1. The maximum Gasteiger partial charge on any atom is 0.303 e. The number of carboxylic acids is 1. The Labute approximate surface area is 127 Å². The lowest BCUT2D eigenvalue weighted by Crippen LogP contribution is -2.02. The third-order valence-electron chi connectivity index (χ3n) is 3.16. The number of methoxy groups -OCH3 is 2. The summed E-state index contributed by atoms with van der Waals surface area (Å²) in [5, 5.41) is 8.59. The molecule has 0 atom stereocenters. The zero-order chi connectivity index (χ0) is 16.1. The van der Waals surface area contributed by atoms with Crippen LogP contribution in [0.1, 0.15) is 23.4 Å². The summed E-state index contributed by atoms with van der Waals surface area (Å²) in [5.41, 5.74) is 1.51. The van der Waals surface area contributed by atoms with Crippen molar-refractivity contribution < 1.29 is 28.6 Å². The molecule has 2 aromatic rings. The molecule has 1 N–H and O–H groups in total. The molecule has 0 unspecified atom stereocenters. The van der Waals surface area contributed by atoms with Gasteiger partial charge in [0.25, 0.3) is 0 Å². The fourth-order valence-electron chi connectivity index (χ4n) is 1.99. The highest BCUT2D eigenvalue weighted by Gasteiger charge is 2.14. The van der Waals surface area contributed by atoms with E-state index >= 15 is 0 Å². The second kappa shape index (κ2) is 6.80. The van der Waals surface area contributed by atoms with Crippen molar-refractivity contribution in [3.63, 3.8) is 0 Å². The summed E-state index contributed by atoms with van der Waals surface area (Å²) in [6.07, 6.45) is 1.15. The van der Waals surface area contributed by atoms with Gasteiger partial charge in [0, 0.05) is 12.0 Å². The lowest BCUT2D eigenvalue weighted by Gasteiger charge is -2.08. The van der Waals surface area contributed by atoms with Crippen LogP contribution in [0.15, 0.2) is 34.9 Å². The SMILES string of the molecule is COc1ccc(-c2coc(C(=O)CCC(=O)O)c2)cc1OC. The van der Waals surface area contributed by atoms with Gasteiger partial charge in [0.05, 0.1) is 26.9 Å². The molecule has 0 aliphatic rings. The van der Waals surface area contributed by atoms with Gasteiger partial charge in [-0.05, 0) is 23.8 Å². The fourth-order valence-corrected chi connectivity index (χ4v) is 1.99. The number of ether oxygens (including phenoxy) is 2. The summed E-state index contributed by atoms with van der Waals surface area (Å²) in [7, 11) is 3.09. The van der Waals surface area contributed by atoms with Crippen LogP contribution in [0.5, 0.6) is 11.5 Å².